The third kappa shape index (κ3) is 10.9. The molecule has 0 fully saturated rings. The Kier molecular flexibility index (Phi) is 18.4. The number of nitrogens with zero attached hydrogens (tertiary/aromatic N) is 4. The van der Waals surface area contributed by atoms with Gasteiger partial charge in [-0.1, -0.05) is 83.1 Å². The van der Waals surface area contributed by atoms with Crippen molar-refractivity contribution in [1.82, 2.24) is 19.6 Å². The number of carbonyl (C=O) groups is 1. The van der Waals surface area contributed by atoms with E-state index in [1.54, 1.807) is 17.0 Å². The lowest BCUT2D eigenvalue weighted by Crippen LogP contribution is -2.47. The first-order chi connectivity index (χ1) is 21.4. The van der Waals surface area contributed by atoms with E-state index in [1.807, 2.05) is 12.3 Å². The molecule has 3 aromatic rings. The van der Waals surface area contributed by atoms with Crippen molar-refractivity contribution in [1.29, 1.82) is 0 Å². The SMILES string of the molecule is CC(C)[Si](OCc1cc(Br)cn2ncnc12)(C(C)C)C(C)C.CC(C)[Si](OCc1cc(Br)cnc1N)(C(C)C)C(C)C.O=CCCl. The Balaban J connectivity index is 0.000000414. The molecule has 46 heavy (non-hydrogen) atoms. The number of pyridine rings is 2. The monoisotopic (exact) mass is 819 g/mol. The largest absolute Gasteiger partial charge is 0.412 e. The van der Waals surface area contributed by atoms with Gasteiger partial charge in [-0.2, -0.15) is 5.10 Å². The first-order valence-corrected chi connectivity index (χ1v) is 22.5. The van der Waals surface area contributed by atoms with Gasteiger partial charge < -0.3 is 19.4 Å². The van der Waals surface area contributed by atoms with Crippen LogP contribution in [0.25, 0.3) is 5.65 Å². The molecule has 0 radical (unpaired) electrons. The number of rotatable bonds is 13. The van der Waals surface area contributed by atoms with Gasteiger partial charge in [0.25, 0.3) is 0 Å². The molecule has 3 heterocycles. The zero-order valence-electron chi connectivity index (χ0n) is 29.8. The fraction of sp³-hybridized carbons (Fsp3) is 0.636. The van der Waals surface area contributed by atoms with Gasteiger partial charge in [0, 0.05) is 32.5 Å². The highest BCUT2D eigenvalue weighted by atomic mass is 79.9. The van der Waals surface area contributed by atoms with Crippen LogP contribution in [0.15, 0.2) is 39.8 Å². The van der Waals surface area contributed by atoms with Crippen molar-refractivity contribution in [3.8, 4) is 0 Å². The number of fused-ring (bicyclic) bond motifs is 1. The lowest BCUT2D eigenvalue weighted by Gasteiger charge is -2.42. The quantitative estimate of drug-likeness (QED) is 0.104. The Bertz CT molecular complexity index is 1310. The number of nitrogens with two attached hydrogens (primary N) is 1. The summed E-state index contributed by atoms with van der Waals surface area (Å²) in [5.74, 6) is 0.673. The molecule has 0 unspecified atom stereocenters. The smallest absolute Gasteiger partial charge is 0.200 e. The summed E-state index contributed by atoms with van der Waals surface area (Å²) in [5, 5.41) is 4.22. The van der Waals surface area contributed by atoms with Crippen LogP contribution in [0.5, 0.6) is 0 Å². The Morgan fingerprint density at radius 1 is 0.783 bits per heavy atom. The van der Waals surface area contributed by atoms with Gasteiger partial charge in [0.15, 0.2) is 5.65 Å². The van der Waals surface area contributed by atoms with Crippen molar-refractivity contribution in [3.63, 3.8) is 0 Å². The third-order valence-corrected chi connectivity index (χ3v) is 21.9. The van der Waals surface area contributed by atoms with Crippen LogP contribution in [-0.2, 0) is 26.9 Å². The highest BCUT2D eigenvalue weighted by molar-refractivity contribution is 9.10. The minimum Gasteiger partial charge on any atom is -0.412 e. The molecule has 260 valence electrons. The number of hydrogen-bond acceptors (Lipinski definition) is 7. The maximum atomic E-state index is 9.04. The van der Waals surface area contributed by atoms with E-state index in [4.69, 9.17) is 31.0 Å². The first kappa shape index (κ1) is 42.9. The van der Waals surface area contributed by atoms with Crippen LogP contribution < -0.4 is 5.73 Å². The minimum absolute atomic E-state index is 0.111. The topological polar surface area (TPSA) is 105 Å². The lowest BCUT2D eigenvalue weighted by molar-refractivity contribution is -0.105. The Morgan fingerprint density at radius 3 is 1.61 bits per heavy atom. The highest BCUT2D eigenvalue weighted by Gasteiger charge is 2.46. The predicted molar refractivity (Wildman–Crippen MR) is 205 cm³/mol. The summed E-state index contributed by atoms with van der Waals surface area (Å²) in [4.78, 5) is 17.6. The van der Waals surface area contributed by atoms with Crippen LogP contribution in [-0.4, -0.2) is 48.4 Å². The average Bonchev–Trinajstić information content (AvgIpc) is 3.43. The van der Waals surface area contributed by atoms with E-state index in [9.17, 15) is 0 Å². The fourth-order valence-electron chi connectivity index (χ4n) is 7.08. The van der Waals surface area contributed by atoms with Gasteiger partial charge >= 0.3 is 0 Å². The van der Waals surface area contributed by atoms with Crippen molar-refractivity contribution in [2.45, 2.75) is 130 Å². The van der Waals surface area contributed by atoms with Gasteiger partial charge in [-0.15, -0.1) is 11.6 Å². The van der Waals surface area contributed by atoms with Gasteiger partial charge in [0.05, 0.1) is 19.1 Å². The van der Waals surface area contributed by atoms with Crippen LogP contribution in [0, 0.1) is 0 Å². The maximum Gasteiger partial charge on any atom is 0.200 e. The van der Waals surface area contributed by atoms with Gasteiger partial charge in [-0.05, 0) is 77.2 Å². The number of halogens is 3. The summed E-state index contributed by atoms with van der Waals surface area (Å²) in [5.41, 5.74) is 12.3. The summed E-state index contributed by atoms with van der Waals surface area (Å²) >= 11 is 11.8. The van der Waals surface area contributed by atoms with E-state index in [1.165, 1.54) is 0 Å². The van der Waals surface area contributed by atoms with Crippen molar-refractivity contribution in [2.24, 2.45) is 0 Å². The fourth-order valence-corrected chi connectivity index (χ4v) is 18.7. The van der Waals surface area contributed by atoms with Gasteiger partial charge in [0.1, 0.15) is 18.4 Å². The summed E-state index contributed by atoms with van der Waals surface area (Å²) < 4.78 is 16.9. The van der Waals surface area contributed by atoms with E-state index < -0.39 is 16.6 Å². The zero-order chi connectivity index (χ0) is 35.4. The molecule has 8 nitrogen and oxygen atoms in total. The second-order valence-corrected chi connectivity index (χ2v) is 26.5. The van der Waals surface area contributed by atoms with Crippen molar-refractivity contribution in [2.75, 3.05) is 11.6 Å². The number of hydrogen-bond donors (Lipinski definition) is 1. The molecule has 0 aliphatic rings. The standard InChI is InChI=1S/C16H26BrN3OSi.C15H27BrN2OSi.C2H3ClO/c1-11(2)22(12(3)4,13(5)6)21-9-14-7-15(17)8-20-16(14)18-10-19-20;1-10(2)20(11(3)4,12(5)6)19-9-13-7-14(16)8-18-15(13)17;3-1-2-4/h7-8,10-13H,9H2,1-6H3;7-8,10-12H,9H2,1-6H3,(H2,17,18);2H,1H2. The molecule has 2 N–H and O–H groups in total. The predicted octanol–water partition coefficient (Wildman–Crippen LogP) is 10.7. The van der Waals surface area contributed by atoms with E-state index in [0.717, 1.165) is 25.7 Å². The molecule has 3 rings (SSSR count). The molecule has 0 spiro atoms. The molecule has 0 saturated carbocycles. The van der Waals surface area contributed by atoms with E-state index in [2.05, 4.69) is 136 Å². The maximum absolute atomic E-state index is 9.04. The summed E-state index contributed by atoms with van der Waals surface area (Å²) in [6.07, 6.45) is 5.87. The molecular formula is C33H56Br2ClN5O3Si2. The third-order valence-electron chi connectivity index (χ3n) is 8.82. The average molecular weight is 822 g/mol. The molecular weight excluding hydrogens is 766 g/mol. The number of nitrogen functional groups attached to an aromatic ring is 1. The van der Waals surface area contributed by atoms with Crippen molar-refractivity contribution < 1.29 is 13.6 Å². The van der Waals surface area contributed by atoms with Crippen LogP contribution in [0.4, 0.5) is 5.82 Å². The zero-order valence-corrected chi connectivity index (χ0v) is 35.7. The molecule has 3 aromatic heterocycles. The number of aldehydes is 1. The Labute approximate surface area is 301 Å². The van der Waals surface area contributed by atoms with E-state index >= 15 is 0 Å². The molecule has 0 aliphatic carbocycles. The highest BCUT2D eigenvalue weighted by Crippen LogP contribution is 2.44. The first-order valence-electron chi connectivity index (χ1n) is 16.1. The summed E-state index contributed by atoms with van der Waals surface area (Å²) in [6, 6.07) is 4.09. The lowest BCUT2D eigenvalue weighted by atomic mass is 10.3. The van der Waals surface area contributed by atoms with Gasteiger partial charge in [0.2, 0.25) is 16.6 Å². The number of carbonyl (C=O) groups excluding carboxylic acids is 1. The number of aromatic nitrogens is 4. The van der Waals surface area contributed by atoms with Crippen LogP contribution in [0.1, 0.15) is 94.2 Å². The Hall–Kier alpha value is -1.16. The van der Waals surface area contributed by atoms with Crippen LogP contribution in [0.3, 0.4) is 0 Å². The van der Waals surface area contributed by atoms with E-state index in [0.29, 0.717) is 58.6 Å². The second kappa shape index (κ2) is 19.7. The van der Waals surface area contributed by atoms with E-state index in [-0.39, 0.29) is 5.88 Å². The van der Waals surface area contributed by atoms with Crippen molar-refractivity contribution in [3.05, 3.63) is 50.9 Å². The normalized spacial score (nSPS) is 12.3. The molecule has 13 heteroatoms. The molecule has 0 atom stereocenters. The second-order valence-electron chi connectivity index (χ2n) is 13.4. The summed E-state index contributed by atoms with van der Waals surface area (Å²) in [6.45, 7) is 28.7. The number of anilines is 1. The van der Waals surface area contributed by atoms with Crippen molar-refractivity contribution >= 4 is 77.8 Å². The summed E-state index contributed by atoms with van der Waals surface area (Å²) in [7, 11) is -3.72. The minimum atomic E-state index is -1.87. The molecule has 0 aromatic carbocycles. The molecule has 0 amide bonds. The molecule has 0 saturated heterocycles. The van der Waals surface area contributed by atoms with Crippen LogP contribution >= 0.6 is 43.5 Å². The van der Waals surface area contributed by atoms with Gasteiger partial charge in [-0.25, -0.2) is 14.5 Å². The van der Waals surface area contributed by atoms with Gasteiger partial charge in [-0.3, -0.25) is 0 Å². The number of alkyl halides is 1. The van der Waals surface area contributed by atoms with Crippen LogP contribution in [0.2, 0.25) is 33.2 Å². The molecule has 0 aliphatic heterocycles. The molecule has 0 bridgehead atoms. The Morgan fingerprint density at radius 2 is 1.20 bits per heavy atom.